The molecular weight excluding hydrogens is 416 g/mol. The molecule has 2 aliphatic heterocycles. The number of nitrogens with one attached hydrogen (secondary N) is 2. The topological polar surface area (TPSA) is 75.2 Å². The number of amides is 1. The van der Waals surface area contributed by atoms with Crippen molar-refractivity contribution in [1.29, 1.82) is 0 Å². The number of rotatable bonds is 4. The molecule has 5 rings (SSSR count). The number of methoxy groups -OCH3 is 2. The van der Waals surface area contributed by atoms with Crippen LogP contribution < -0.4 is 20.1 Å². The summed E-state index contributed by atoms with van der Waals surface area (Å²) in [6.45, 7) is 1.26. The number of benzene rings is 2. The highest BCUT2D eigenvalue weighted by atomic mass is 16.5. The van der Waals surface area contributed by atoms with Crippen LogP contribution in [0.25, 0.3) is 0 Å². The maximum absolute atomic E-state index is 13.6. The van der Waals surface area contributed by atoms with E-state index in [1.807, 2.05) is 17.0 Å². The van der Waals surface area contributed by atoms with E-state index in [-0.39, 0.29) is 5.91 Å². The highest BCUT2D eigenvalue weighted by Crippen LogP contribution is 2.37. The summed E-state index contributed by atoms with van der Waals surface area (Å²) in [4.78, 5) is 20.7. The first kappa shape index (κ1) is 21.6. The molecule has 1 amide bonds. The molecule has 0 unspecified atom stereocenters. The molecule has 0 aromatic heterocycles. The fraction of sp³-hybridized carbons (Fsp3) is 0.462. The summed E-state index contributed by atoms with van der Waals surface area (Å²) in [5.41, 5.74) is 2.25. The molecule has 2 fully saturated rings. The number of hydrogen-bond donors (Lipinski definition) is 2. The quantitative estimate of drug-likeness (QED) is 0.717. The van der Waals surface area contributed by atoms with E-state index in [4.69, 9.17) is 14.5 Å². The molecule has 1 spiro atoms. The van der Waals surface area contributed by atoms with Gasteiger partial charge in [-0.15, -0.1) is 0 Å². The lowest BCUT2D eigenvalue weighted by molar-refractivity contribution is 0.0693. The second-order valence-electron chi connectivity index (χ2n) is 9.23. The number of amidine groups is 1. The Morgan fingerprint density at radius 2 is 1.73 bits per heavy atom. The van der Waals surface area contributed by atoms with Crippen LogP contribution in [0, 0.1) is 0 Å². The van der Waals surface area contributed by atoms with Gasteiger partial charge in [-0.1, -0.05) is 25.0 Å². The Bertz CT molecular complexity index is 1040. The van der Waals surface area contributed by atoms with Gasteiger partial charge in [0.2, 0.25) is 0 Å². The van der Waals surface area contributed by atoms with Crippen molar-refractivity contribution in [2.24, 2.45) is 4.99 Å². The van der Waals surface area contributed by atoms with Gasteiger partial charge in [-0.25, -0.2) is 0 Å². The monoisotopic (exact) mass is 448 g/mol. The maximum atomic E-state index is 13.6. The largest absolute Gasteiger partial charge is 0.497 e. The van der Waals surface area contributed by atoms with Crippen molar-refractivity contribution in [2.75, 3.05) is 37.9 Å². The van der Waals surface area contributed by atoms with Crippen molar-refractivity contribution >= 4 is 23.1 Å². The van der Waals surface area contributed by atoms with E-state index in [0.717, 1.165) is 42.9 Å². The van der Waals surface area contributed by atoms with E-state index < -0.39 is 5.54 Å². The molecular formula is C26H32N4O3. The number of ether oxygens (including phenoxy) is 2. The highest BCUT2D eigenvalue weighted by Gasteiger charge is 2.45. The Balaban J connectivity index is 1.47. The van der Waals surface area contributed by atoms with Crippen molar-refractivity contribution in [3.8, 4) is 11.5 Å². The molecule has 1 saturated heterocycles. The molecule has 1 atom stereocenters. The van der Waals surface area contributed by atoms with E-state index in [2.05, 4.69) is 22.8 Å². The number of likely N-dealkylation sites (tertiary alicyclic amines) is 1. The number of carbonyl (C=O) groups excluding carboxylic acids is 1. The summed E-state index contributed by atoms with van der Waals surface area (Å²) in [6.07, 6.45) is 6.56. The van der Waals surface area contributed by atoms with Crippen molar-refractivity contribution in [1.82, 2.24) is 4.90 Å². The Labute approximate surface area is 195 Å². The van der Waals surface area contributed by atoms with Crippen LogP contribution in [0.1, 0.15) is 48.9 Å². The van der Waals surface area contributed by atoms with Crippen LogP contribution in [0.4, 0.5) is 11.4 Å². The fourth-order valence-electron chi connectivity index (χ4n) is 5.27. The van der Waals surface area contributed by atoms with Crippen LogP contribution in [0.3, 0.4) is 0 Å². The molecule has 1 aliphatic carbocycles. The Morgan fingerprint density at radius 1 is 1.03 bits per heavy atom. The molecule has 3 aliphatic rings. The zero-order valence-electron chi connectivity index (χ0n) is 19.4. The minimum Gasteiger partial charge on any atom is -0.497 e. The molecule has 2 aromatic carbocycles. The van der Waals surface area contributed by atoms with Crippen LogP contribution >= 0.6 is 0 Å². The van der Waals surface area contributed by atoms with Crippen LogP contribution in [-0.4, -0.2) is 55.5 Å². The van der Waals surface area contributed by atoms with Gasteiger partial charge in [-0.3, -0.25) is 9.79 Å². The second kappa shape index (κ2) is 8.96. The van der Waals surface area contributed by atoms with Gasteiger partial charge in [0.1, 0.15) is 22.9 Å². The molecule has 33 heavy (non-hydrogen) atoms. The molecule has 0 bridgehead atoms. The van der Waals surface area contributed by atoms with Crippen molar-refractivity contribution in [3.63, 3.8) is 0 Å². The standard InChI is InChI=1S/C26H32N4O3/c1-32-20-14-18(15-21(16-20)33-2)24(31)30-13-7-12-26(17-30)25(27-19-8-3-4-9-19)28-22-10-5-6-11-23(22)29-26/h5-6,10-11,14-16,19,29H,3-4,7-9,12-13,17H2,1-2H3,(H,27,28)/t26-/m1/s1. The number of aliphatic imine (C=N–C) groups is 1. The first-order valence-electron chi connectivity index (χ1n) is 11.8. The van der Waals surface area contributed by atoms with Crippen LogP contribution in [-0.2, 0) is 0 Å². The lowest BCUT2D eigenvalue weighted by atomic mass is 9.84. The molecule has 174 valence electrons. The van der Waals surface area contributed by atoms with E-state index in [0.29, 0.717) is 36.2 Å². The molecule has 2 aromatic rings. The van der Waals surface area contributed by atoms with Gasteiger partial charge in [0.05, 0.1) is 38.2 Å². The summed E-state index contributed by atoms with van der Waals surface area (Å²) in [6, 6.07) is 13.9. The summed E-state index contributed by atoms with van der Waals surface area (Å²) >= 11 is 0. The van der Waals surface area contributed by atoms with Gasteiger partial charge >= 0.3 is 0 Å². The number of fused-ring (bicyclic) bond motifs is 1. The lowest BCUT2D eigenvalue weighted by Crippen LogP contribution is -2.62. The van der Waals surface area contributed by atoms with Gasteiger partial charge in [0.25, 0.3) is 5.91 Å². The lowest BCUT2D eigenvalue weighted by Gasteiger charge is -2.47. The van der Waals surface area contributed by atoms with E-state index >= 15 is 0 Å². The minimum atomic E-state index is -0.423. The zero-order chi connectivity index (χ0) is 22.8. The van der Waals surface area contributed by atoms with Gasteiger partial charge in [-0.05, 0) is 49.9 Å². The number of nitrogens with zero attached hydrogens (tertiary/aromatic N) is 2. The molecule has 1 saturated carbocycles. The summed E-state index contributed by atoms with van der Waals surface area (Å²) < 4.78 is 10.8. The van der Waals surface area contributed by atoms with Gasteiger partial charge in [0.15, 0.2) is 0 Å². The second-order valence-corrected chi connectivity index (χ2v) is 9.23. The third kappa shape index (κ3) is 4.24. The molecule has 0 radical (unpaired) electrons. The predicted molar refractivity (Wildman–Crippen MR) is 131 cm³/mol. The normalized spacial score (nSPS) is 23.7. The van der Waals surface area contributed by atoms with Crippen molar-refractivity contribution in [2.45, 2.75) is 50.1 Å². The average molecular weight is 449 g/mol. The van der Waals surface area contributed by atoms with Gasteiger partial charge < -0.3 is 25.0 Å². The van der Waals surface area contributed by atoms with E-state index in [1.165, 1.54) is 12.8 Å². The van der Waals surface area contributed by atoms with Crippen LogP contribution in [0.5, 0.6) is 11.5 Å². The highest BCUT2D eigenvalue weighted by molar-refractivity contribution is 6.10. The smallest absolute Gasteiger partial charge is 0.254 e. The fourth-order valence-corrected chi connectivity index (χ4v) is 5.27. The maximum Gasteiger partial charge on any atom is 0.254 e. The zero-order valence-corrected chi connectivity index (χ0v) is 19.4. The molecule has 7 heteroatoms. The van der Waals surface area contributed by atoms with Crippen molar-refractivity contribution < 1.29 is 14.3 Å². The summed E-state index contributed by atoms with van der Waals surface area (Å²) in [7, 11) is 3.19. The van der Waals surface area contributed by atoms with Crippen LogP contribution in [0.15, 0.2) is 47.5 Å². The van der Waals surface area contributed by atoms with Crippen molar-refractivity contribution in [3.05, 3.63) is 48.0 Å². The van der Waals surface area contributed by atoms with Gasteiger partial charge in [0, 0.05) is 18.2 Å². The van der Waals surface area contributed by atoms with E-state index in [9.17, 15) is 4.79 Å². The third-order valence-corrected chi connectivity index (χ3v) is 7.02. The van der Waals surface area contributed by atoms with E-state index in [1.54, 1.807) is 32.4 Å². The molecule has 2 heterocycles. The third-order valence-electron chi connectivity index (χ3n) is 7.02. The Kier molecular flexibility index (Phi) is 5.87. The SMILES string of the molecule is COc1cc(OC)cc(C(=O)N2CCC[C@]3(C2)Nc2ccccc2NC3=NC2CCCC2)c1. The first-order chi connectivity index (χ1) is 16.1. The first-order valence-corrected chi connectivity index (χ1v) is 11.8. The average Bonchev–Trinajstić information content (AvgIpc) is 3.37. The number of anilines is 2. The molecule has 2 N–H and O–H groups in total. The van der Waals surface area contributed by atoms with Crippen LogP contribution in [0.2, 0.25) is 0 Å². The Morgan fingerprint density at radius 3 is 2.42 bits per heavy atom. The number of carbonyl (C=O) groups is 1. The Hall–Kier alpha value is -3.22. The number of hydrogen-bond acceptors (Lipinski definition) is 5. The summed E-state index contributed by atoms with van der Waals surface area (Å²) in [5.74, 6) is 2.17. The number of para-hydroxylation sites is 2. The summed E-state index contributed by atoms with van der Waals surface area (Å²) in [5, 5.41) is 7.41. The predicted octanol–water partition coefficient (Wildman–Crippen LogP) is 4.56. The molecule has 7 nitrogen and oxygen atoms in total. The van der Waals surface area contributed by atoms with Gasteiger partial charge in [-0.2, -0.15) is 0 Å². The number of piperidine rings is 1. The minimum absolute atomic E-state index is 0.0212.